The first-order chi connectivity index (χ1) is 7.55. The molecule has 0 unspecified atom stereocenters. The first-order valence-corrected chi connectivity index (χ1v) is 6.04. The highest BCUT2D eigenvalue weighted by Gasteiger charge is 2.15. The first kappa shape index (κ1) is 15.8. The molecule has 0 spiro atoms. The van der Waals surface area contributed by atoms with Gasteiger partial charge in [-0.1, -0.05) is 0 Å². The van der Waals surface area contributed by atoms with Gasteiger partial charge < -0.3 is 19.5 Å². The molecular formula is C12H27NO3. The Balaban J connectivity index is 3.61. The average Bonchev–Trinajstić information content (AvgIpc) is 2.25. The number of ether oxygens (including phenoxy) is 3. The summed E-state index contributed by atoms with van der Waals surface area (Å²) in [6, 6.07) is 0. The fourth-order valence-electron chi connectivity index (χ4n) is 1.25. The van der Waals surface area contributed by atoms with Crippen molar-refractivity contribution in [2.24, 2.45) is 0 Å². The van der Waals surface area contributed by atoms with Gasteiger partial charge in [-0.2, -0.15) is 0 Å². The van der Waals surface area contributed by atoms with Crippen molar-refractivity contribution in [1.82, 2.24) is 5.32 Å². The van der Waals surface area contributed by atoms with Crippen LogP contribution in [0.15, 0.2) is 0 Å². The van der Waals surface area contributed by atoms with Crippen LogP contribution in [-0.2, 0) is 14.2 Å². The quantitative estimate of drug-likeness (QED) is 0.461. The van der Waals surface area contributed by atoms with Crippen LogP contribution in [0.25, 0.3) is 0 Å². The molecule has 0 aliphatic heterocycles. The molecule has 0 heterocycles. The van der Waals surface area contributed by atoms with Crippen LogP contribution in [0.1, 0.15) is 34.1 Å². The van der Waals surface area contributed by atoms with Gasteiger partial charge in [-0.25, -0.2) is 0 Å². The zero-order chi connectivity index (χ0) is 12.4. The predicted octanol–water partition coefficient (Wildman–Crippen LogP) is 1.79. The zero-order valence-electron chi connectivity index (χ0n) is 11.3. The van der Waals surface area contributed by atoms with Crippen LogP contribution in [0.5, 0.6) is 0 Å². The van der Waals surface area contributed by atoms with E-state index < -0.39 is 0 Å². The second kappa shape index (κ2) is 8.93. The fraction of sp³-hybridized carbons (Fsp3) is 1.00. The monoisotopic (exact) mass is 233 g/mol. The molecule has 4 nitrogen and oxygen atoms in total. The smallest absolute Gasteiger partial charge is 0.169 e. The molecule has 0 radical (unpaired) electrons. The summed E-state index contributed by atoms with van der Waals surface area (Å²) < 4.78 is 16.2. The Labute approximate surface area is 99.6 Å². The summed E-state index contributed by atoms with van der Waals surface area (Å²) in [4.78, 5) is 0. The van der Waals surface area contributed by atoms with Gasteiger partial charge in [0.1, 0.15) is 0 Å². The van der Waals surface area contributed by atoms with Gasteiger partial charge >= 0.3 is 0 Å². The van der Waals surface area contributed by atoms with Crippen molar-refractivity contribution in [2.75, 3.05) is 33.4 Å². The molecule has 16 heavy (non-hydrogen) atoms. The molecule has 0 amide bonds. The van der Waals surface area contributed by atoms with Crippen molar-refractivity contribution in [1.29, 1.82) is 0 Å². The van der Waals surface area contributed by atoms with Crippen molar-refractivity contribution < 1.29 is 14.2 Å². The summed E-state index contributed by atoms with van der Waals surface area (Å²) in [5.74, 6) is 0. The highest BCUT2D eigenvalue weighted by atomic mass is 16.7. The van der Waals surface area contributed by atoms with Gasteiger partial charge in [0.2, 0.25) is 0 Å². The van der Waals surface area contributed by atoms with E-state index in [0.717, 1.165) is 19.5 Å². The topological polar surface area (TPSA) is 39.7 Å². The molecule has 0 aliphatic rings. The number of hydrogen-bond acceptors (Lipinski definition) is 4. The number of methoxy groups -OCH3 is 1. The van der Waals surface area contributed by atoms with Crippen LogP contribution in [0.3, 0.4) is 0 Å². The Hall–Kier alpha value is -0.160. The zero-order valence-corrected chi connectivity index (χ0v) is 11.3. The minimum Gasteiger partial charge on any atom is -0.379 e. The Morgan fingerprint density at radius 1 is 1.12 bits per heavy atom. The lowest BCUT2D eigenvalue weighted by Crippen LogP contribution is -2.35. The lowest BCUT2D eigenvalue weighted by Gasteiger charge is -2.23. The molecule has 0 rings (SSSR count). The van der Waals surface area contributed by atoms with Crippen molar-refractivity contribution in [3.63, 3.8) is 0 Å². The summed E-state index contributed by atoms with van der Waals surface area (Å²) in [5.41, 5.74) is -0.0697. The van der Waals surface area contributed by atoms with Gasteiger partial charge in [0.15, 0.2) is 6.29 Å². The summed E-state index contributed by atoms with van der Waals surface area (Å²) in [6.45, 7) is 11.1. The lowest BCUT2D eigenvalue weighted by atomic mass is 10.1. The summed E-state index contributed by atoms with van der Waals surface area (Å²) in [7, 11) is 1.74. The van der Waals surface area contributed by atoms with E-state index >= 15 is 0 Å². The van der Waals surface area contributed by atoms with Crippen LogP contribution < -0.4 is 5.32 Å². The molecule has 0 atom stereocenters. The minimum absolute atomic E-state index is 0.0697. The molecule has 98 valence electrons. The maximum Gasteiger partial charge on any atom is 0.169 e. The Bertz CT molecular complexity index is 156. The number of rotatable bonds is 10. The first-order valence-electron chi connectivity index (χ1n) is 6.04. The van der Waals surface area contributed by atoms with E-state index in [4.69, 9.17) is 14.2 Å². The fourth-order valence-corrected chi connectivity index (χ4v) is 1.25. The van der Waals surface area contributed by atoms with Crippen molar-refractivity contribution >= 4 is 0 Å². The molecule has 0 fully saturated rings. The predicted molar refractivity (Wildman–Crippen MR) is 65.6 cm³/mol. The third-order valence-electron chi connectivity index (χ3n) is 2.47. The summed E-state index contributed by atoms with van der Waals surface area (Å²) in [6.07, 6.45) is 0.828. The van der Waals surface area contributed by atoms with Gasteiger partial charge in [0.05, 0.1) is 5.60 Å². The van der Waals surface area contributed by atoms with E-state index in [1.165, 1.54) is 0 Å². The second-order valence-corrected chi connectivity index (χ2v) is 4.26. The molecule has 0 saturated heterocycles. The van der Waals surface area contributed by atoms with Gasteiger partial charge in [-0.3, -0.25) is 0 Å². The van der Waals surface area contributed by atoms with E-state index in [1.54, 1.807) is 7.11 Å². The Kier molecular flexibility index (Phi) is 8.84. The number of nitrogens with one attached hydrogen (secondary N) is 1. The van der Waals surface area contributed by atoms with Gasteiger partial charge in [0, 0.05) is 26.9 Å². The molecule has 4 heteroatoms. The van der Waals surface area contributed by atoms with E-state index in [9.17, 15) is 0 Å². The largest absolute Gasteiger partial charge is 0.379 e. The molecule has 0 bridgehead atoms. The van der Waals surface area contributed by atoms with E-state index in [2.05, 4.69) is 19.2 Å². The van der Waals surface area contributed by atoms with Crippen LogP contribution in [0, 0.1) is 0 Å². The highest BCUT2D eigenvalue weighted by molar-refractivity contribution is 4.69. The molecule has 0 aliphatic carbocycles. The molecule has 0 aromatic carbocycles. The summed E-state index contributed by atoms with van der Waals surface area (Å²) in [5, 5.41) is 3.32. The third kappa shape index (κ3) is 8.05. The third-order valence-corrected chi connectivity index (χ3v) is 2.47. The van der Waals surface area contributed by atoms with Crippen LogP contribution in [0.2, 0.25) is 0 Å². The van der Waals surface area contributed by atoms with E-state index in [1.807, 2.05) is 13.8 Å². The minimum atomic E-state index is -0.138. The van der Waals surface area contributed by atoms with Crippen LogP contribution >= 0.6 is 0 Å². The van der Waals surface area contributed by atoms with Crippen molar-refractivity contribution in [3.8, 4) is 0 Å². The molecule has 0 aromatic heterocycles. The average molecular weight is 233 g/mol. The normalized spacial score (nSPS) is 12.4. The standard InChI is InChI=1S/C12H27NO3/c1-6-15-11(16-7-2)10-13-9-8-12(3,4)14-5/h11,13H,6-10H2,1-5H3. The van der Waals surface area contributed by atoms with Crippen molar-refractivity contribution in [2.45, 2.75) is 46.0 Å². The van der Waals surface area contributed by atoms with Gasteiger partial charge in [-0.05, 0) is 40.7 Å². The maximum atomic E-state index is 5.42. The lowest BCUT2D eigenvalue weighted by molar-refractivity contribution is -0.133. The van der Waals surface area contributed by atoms with Gasteiger partial charge in [0.25, 0.3) is 0 Å². The Morgan fingerprint density at radius 2 is 1.69 bits per heavy atom. The van der Waals surface area contributed by atoms with E-state index in [0.29, 0.717) is 13.2 Å². The van der Waals surface area contributed by atoms with Crippen molar-refractivity contribution in [3.05, 3.63) is 0 Å². The highest BCUT2D eigenvalue weighted by Crippen LogP contribution is 2.11. The SMILES string of the molecule is CCOC(CNCCC(C)(C)OC)OCC. The molecule has 0 saturated carbocycles. The van der Waals surface area contributed by atoms with Crippen LogP contribution in [-0.4, -0.2) is 45.3 Å². The van der Waals surface area contributed by atoms with E-state index in [-0.39, 0.29) is 11.9 Å². The second-order valence-electron chi connectivity index (χ2n) is 4.26. The molecular weight excluding hydrogens is 206 g/mol. The number of hydrogen-bond donors (Lipinski definition) is 1. The summed E-state index contributed by atoms with van der Waals surface area (Å²) >= 11 is 0. The Morgan fingerprint density at radius 3 is 2.12 bits per heavy atom. The maximum absolute atomic E-state index is 5.42. The molecule has 0 aromatic rings. The molecule has 1 N–H and O–H groups in total. The van der Waals surface area contributed by atoms with Gasteiger partial charge in [-0.15, -0.1) is 0 Å². The van der Waals surface area contributed by atoms with Crippen LogP contribution in [0.4, 0.5) is 0 Å².